The highest BCUT2D eigenvalue weighted by Gasteiger charge is 2.17. The molecule has 0 bridgehead atoms. The van der Waals surface area contributed by atoms with Gasteiger partial charge in [0.2, 0.25) is 0 Å². The molecule has 0 N–H and O–H groups in total. The van der Waals surface area contributed by atoms with Crippen molar-refractivity contribution in [3.63, 3.8) is 0 Å². The van der Waals surface area contributed by atoms with Crippen LogP contribution in [0.25, 0.3) is 60.6 Å². The topological polar surface area (TPSA) is 65.7 Å². The molecule has 0 atom stereocenters. The number of para-hydroxylation sites is 2. The summed E-state index contributed by atoms with van der Waals surface area (Å²) in [5.41, 5.74) is 7.88. The third kappa shape index (κ3) is 2.86. The van der Waals surface area contributed by atoms with Crippen molar-refractivity contribution in [3.8, 4) is 29.0 Å². The van der Waals surface area contributed by atoms with Crippen LogP contribution in [0.15, 0.2) is 108 Å². The summed E-state index contributed by atoms with van der Waals surface area (Å²) in [6, 6.07) is 38.6. The van der Waals surface area contributed by atoms with Gasteiger partial charge in [0, 0.05) is 27.1 Å². The Morgan fingerprint density at radius 2 is 1.25 bits per heavy atom. The first kappa shape index (κ1) is 20.1. The lowest BCUT2D eigenvalue weighted by Crippen LogP contribution is -1.98. The van der Waals surface area contributed by atoms with Gasteiger partial charge in [-0.2, -0.15) is 10.5 Å². The lowest BCUT2D eigenvalue weighted by Gasteiger charge is -2.15. The van der Waals surface area contributed by atoms with Crippen molar-refractivity contribution >= 4 is 43.7 Å². The van der Waals surface area contributed by atoms with E-state index in [1.54, 1.807) is 0 Å². The number of nitrogens with zero attached hydrogens (tertiary/aromatic N) is 3. The molecule has 166 valence electrons. The molecule has 5 aromatic carbocycles. The molecule has 0 radical (unpaired) electrons. The lowest BCUT2D eigenvalue weighted by atomic mass is 9.99. The molecule has 0 unspecified atom stereocenters. The van der Waals surface area contributed by atoms with E-state index >= 15 is 0 Å². The first-order valence-electron chi connectivity index (χ1n) is 11.6. The Morgan fingerprint density at radius 3 is 2.11 bits per heavy atom. The predicted molar refractivity (Wildman–Crippen MR) is 143 cm³/mol. The van der Waals surface area contributed by atoms with Gasteiger partial charge in [0.15, 0.2) is 0 Å². The molecular weight excluding hydrogens is 442 g/mol. The molecule has 7 aromatic rings. The van der Waals surface area contributed by atoms with Gasteiger partial charge in [0.05, 0.1) is 40.0 Å². The summed E-state index contributed by atoms with van der Waals surface area (Å²) in [5.74, 6) is 0. The summed E-state index contributed by atoms with van der Waals surface area (Å²) in [4.78, 5) is 0. The minimum atomic E-state index is 0.586. The molecule has 0 fully saturated rings. The summed E-state index contributed by atoms with van der Waals surface area (Å²) >= 11 is 0. The first-order valence-corrected chi connectivity index (χ1v) is 11.6. The van der Waals surface area contributed by atoms with Gasteiger partial charge >= 0.3 is 0 Å². The van der Waals surface area contributed by atoms with E-state index in [0.717, 1.165) is 60.6 Å². The quantitative estimate of drug-likeness (QED) is 0.262. The fourth-order valence-corrected chi connectivity index (χ4v) is 5.23. The second kappa shape index (κ2) is 7.60. The Bertz CT molecular complexity index is 2080. The van der Waals surface area contributed by atoms with Gasteiger partial charge in [-0.1, -0.05) is 48.5 Å². The molecule has 0 aliphatic heterocycles. The van der Waals surface area contributed by atoms with Crippen molar-refractivity contribution in [2.24, 2.45) is 0 Å². The smallest absolute Gasteiger partial charge is 0.135 e. The largest absolute Gasteiger partial charge is 0.456 e. The normalized spacial score (nSPS) is 11.3. The molecule has 0 aliphatic carbocycles. The summed E-state index contributed by atoms with van der Waals surface area (Å²) in [7, 11) is 0. The zero-order valence-electron chi connectivity index (χ0n) is 19.1. The lowest BCUT2D eigenvalue weighted by molar-refractivity contribution is 0.669. The molecule has 0 saturated carbocycles. The Morgan fingerprint density at radius 1 is 0.556 bits per heavy atom. The SMILES string of the molecule is N#Cc1ccc(-c2ccc3oc4ccccc4c3c2)c(-n2c3ccccc3c3cc(C#N)ccc32)c1. The Labute approximate surface area is 206 Å². The zero-order chi connectivity index (χ0) is 24.2. The Hall–Kier alpha value is -5.32. The van der Waals surface area contributed by atoms with E-state index in [1.807, 2.05) is 72.8 Å². The first-order chi connectivity index (χ1) is 17.7. The monoisotopic (exact) mass is 459 g/mol. The van der Waals surface area contributed by atoms with Crippen LogP contribution in [0.3, 0.4) is 0 Å². The summed E-state index contributed by atoms with van der Waals surface area (Å²) in [6.45, 7) is 0. The van der Waals surface area contributed by atoms with Crippen LogP contribution in [-0.2, 0) is 0 Å². The van der Waals surface area contributed by atoms with Gasteiger partial charge in [-0.3, -0.25) is 0 Å². The van der Waals surface area contributed by atoms with Crippen LogP contribution in [0, 0.1) is 22.7 Å². The maximum absolute atomic E-state index is 9.74. The Balaban J connectivity index is 1.57. The second-order valence-corrected chi connectivity index (χ2v) is 8.85. The van der Waals surface area contributed by atoms with Gasteiger partial charge in [-0.15, -0.1) is 0 Å². The van der Waals surface area contributed by atoms with Gasteiger partial charge < -0.3 is 8.98 Å². The van der Waals surface area contributed by atoms with E-state index in [9.17, 15) is 10.5 Å². The van der Waals surface area contributed by atoms with E-state index in [1.165, 1.54) is 0 Å². The molecule has 0 saturated heterocycles. The van der Waals surface area contributed by atoms with E-state index < -0.39 is 0 Å². The maximum Gasteiger partial charge on any atom is 0.135 e. The molecule has 4 nitrogen and oxygen atoms in total. The third-order valence-corrected chi connectivity index (χ3v) is 6.86. The highest BCUT2D eigenvalue weighted by molar-refractivity contribution is 6.11. The second-order valence-electron chi connectivity index (χ2n) is 8.85. The van der Waals surface area contributed by atoms with Crippen LogP contribution >= 0.6 is 0 Å². The zero-order valence-corrected chi connectivity index (χ0v) is 19.1. The molecule has 4 heteroatoms. The average Bonchev–Trinajstić information content (AvgIpc) is 3.47. The Kier molecular flexibility index (Phi) is 4.24. The highest BCUT2D eigenvalue weighted by Crippen LogP contribution is 2.39. The number of fused-ring (bicyclic) bond motifs is 6. The van der Waals surface area contributed by atoms with Gasteiger partial charge in [0.25, 0.3) is 0 Å². The maximum atomic E-state index is 9.74. The van der Waals surface area contributed by atoms with Crippen LogP contribution in [0.5, 0.6) is 0 Å². The van der Waals surface area contributed by atoms with Gasteiger partial charge in [0.1, 0.15) is 11.2 Å². The fourth-order valence-electron chi connectivity index (χ4n) is 5.23. The molecule has 0 aliphatic rings. The predicted octanol–water partition coefficient (Wildman–Crippen LogP) is 8.09. The number of benzene rings is 5. The number of aromatic nitrogens is 1. The van der Waals surface area contributed by atoms with Crippen LogP contribution in [0.4, 0.5) is 0 Å². The summed E-state index contributed by atoms with van der Waals surface area (Å²) in [5, 5.41) is 23.4. The van der Waals surface area contributed by atoms with Crippen molar-refractivity contribution in [3.05, 3.63) is 114 Å². The van der Waals surface area contributed by atoms with Crippen molar-refractivity contribution in [2.75, 3.05) is 0 Å². The number of hydrogen-bond donors (Lipinski definition) is 0. The fraction of sp³-hybridized carbons (Fsp3) is 0. The van der Waals surface area contributed by atoms with Crippen LogP contribution in [0.1, 0.15) is 11.1 Å². The van der Waals surface area contributed by atoms with Gasteiger partial charge in [-0.05, 0) is 60.2 Å². The van der Waals surface area contributed by atoms with Crippen LogP contribution in [0.2, 0.25) is 0 Å². The van der Waals surface area contributed by atoms with Crippen LogP contribution < -0.4 is 0 Å². The summed E-state index contributed by atoms with van der Waals surface area (Å²) in [6.07, 6.45) is 0. The molecule has 36 heavy (non-hydrogen) atoms. The minimum Gasteiger partial charge on any atom is -0.456 e. The van der Waals surface area contributed by atoms with E-state index in [2.05, 4.69) is 47.0 Å². The average molecular weight is 460 g/mol. The van der Waals surface area contributed by atoms with Crippen LogP contribution in [-0.4, -0.2) is 4.57 Å². The van der Waals surface area contributed by atoms with E-state index in [4.69, 9.17) is 4.42 Å². The highest BCUT2D eigenvalue weighted by atomic mass is 16.3. The van der Waals surface area contributed by atoms with E-state index in [0.29, 0.717) is 11.1 Å². The van der Waals surface area contributed by atoms with Crippen molar-refractivity contribution in [2.45, 2.75) is 0 Å². The number of furan rings is 1. The standard InChI is InChI=1S/C32H17N3O/c33-18-20-10-13-29-26(15-20)24-5-1-3-7-28(24)35(29)30-16-21(19-34)9-12-23(30)22-11-14-32-27(17-22)25-6-2-4-8-31(25)36-32/h1-17H. The van der Waals surface area contributed by atoms with Crippen molar-refractivity contribution in [1.29, 1.82) is 10.5 Å². The number of nitriles is 2. The molecule has 0 amide bonds. The molecule has 0 spiro atoms. The minimum absolute atomic E-state index is 0.586. The third-order valence-electron chi connectivity index (χ3n) is 6.86. The summed E-state index contributed by atoms with van der Waals surface area (Å²) < 4.78 is 8.24. The van der Waals surface area contributed by atoms with Crippen molar-refractivity contribution in [1.82, 2.24) is 4.57 Å². The van der Waals surface area contributed by atoms with Gasteiger partial charge in [-0.25, -0.2) is 0 Å². The molecule has 7 rings (SSSR count). The molecule has 2 heterocycles. The number of rotatable bonds is 2. The number of hydrogen-bond acceptors (Lipinski definition) is 3. The van der Waals surface area contributed by atoms with E-state index in [-0.39, 0.29) is 0 Å². The van der Waals surface area contributed by atoms with Crippen molar-refractivity contribution < 1.29 is 4.42 Å². The molecule has 2 aromatic heterocycles. The molecular formula is C32H17N3O.